The van der Waals surface area contributed by atoms with Crippen LogP contribution >= 0.6 is 15.9 Å². The molecule has 0 aromatic carbocycles. The minimum Gasteiger partial charge on any atom is -0.391 e. The smallest absolute Gasteiger partial charge is 0.0721 e. The molecule has 4 saturated carbocycles. The quantitative estimate of drug-likeness (QED) is 0.596. The van der Waals surface area contributed by atoms with E-state index in [1.54, 1.807) is 0 Å². The fourth-order valence-corrected chi connectivity index (χ4v) is 8.25. The van der Waals surface area contributed by atoms with Crippen molar-refractivity contribution < 1.29 is 5.11 Å². The van der Waals surface area contributed by atoms with Crippen LogP contribution in [0.5, 0.6) is 0 Å². The molecule has 0 aromatic rings. The van der Waals surface area contributed by atoms with Crippen molar-refractivity contribution in [1.29, 1.82) is 0 Å². The molecule has 21 heavy (non-hydrogen) atoms. The van der Waals surface area contributed by atoms with Gasteiger partial charge in [-0.3, -0.25) is 0 Å². The lowest BCUT2D eigenvalue weighted by molar-refractivity contribution is -0.120. The molecule has 8 atom stereocenters. The second kappa shape index (κ2) is 4.97. The lowest BCUT2D eigenvalue weighted by atomic mass is 9.45. The number of aliphatic hydroxyl groups excluding tert-OH is 1. The van der Waals surface area contributed by atoms with Gasteiger partial charge in [0.2, 0.25) is 0 Å². The summed E-state index contributed by atoms with van der Waals surface area (Å²) in [5.74, 6) is 3.60. The Kier molecular flexibility index (Phi) is 3.55. The van der Waals surface area contributed by atoms with Gasteiger partial charge in [0.05, 0.1) is 6.10 Å². The zero-order valence-electron chi connectivity index (χ0n) is 13.7. The molecule has 0 heterocycles. The van der Waals surface area contributed by atoms with Gasteiger partial charge in [0, 0.05) is 4.83 Å². The van der Waals surface area contributed by atoms with Crippen LogP contribution in [-0.4, -0.2) is 16.0 Å². The molecule has 0 saturated heterocycles. The fraction of sp³-hybridized carbons (Fsp3) is 1.00. The Labute approximate surface area is 138 Å². The van der Waals surface area contributed by atoms with Crippen molar-refractivity contribution in [3.63, 3.8) is 0 Å². The average molecular weight is 355 g/mol. The molecule has 0 aromatic heterocycles. The number of alkyl halides is 1. The molecule has 1 N–H and O–H groups in total. The summed E-state index contributed by atoms with van der Waals surface area (Å²) >= 11 is 3.78. The van der Waals surface area contributed by atoms with E-state index in [1.807, 2.05) is 0 Å². The summed E-state index contributed by atoms with van der Waals surface area (Å²) in [6, 6.07) is 0. The maximum absolute atomic E-state index is 10.7. The highest BCUT2D eigenvalue weighted by Crippen LogP contribution is 2.66. The van der Waals surface area contributed by atoms with Crippen molar-refractivity contribution in [2.45, 2.75) is 82.6 Å². The van der Waals surface area contributed by atoms with Gasteiger partial charge < -0.3 is 5.11 Å². The standard InChI is InChI=1S/C19H31BrO/c1-18-9-4-3-5-12(18)6-7-13-14(18)8-10-19(2)15(13)11-16(20)17(19)21/h12-17,21H,3-11H2,1-2H3/t12-,13-,14+,15+,16-,17+,18+,19+/m1/s1. The normalized spacial score (nSPS) is 60.0. The second-order valence-electron chi connectivity index (χ2n) is 9.14. The van der Waals surface area contributed by atoms with Gasteiger partial charge in [-0.1, -0.05) is 42.6 Å². The van der Waals surface area contributed by atoms with Crippen LogP contribution < -0.4 is 0 Å². The van der Waals surface area contributed by atoms with Crippen molar-refractivity contribution in [1.82, 2.24) is 0 Å². The molecule has 0 aliphatic heterocycles. The number of rotatable bonds is 0. The molecular formula is C19H31BrO. The van der Waals surface area contributed by atoms with Crippen LogP contribution in [0.25, 0.3) is 0 Å². The Morgan fingerprint density at radius 2 is 1.71 bits per heavy atom. The maximum atomic E-state index is 10.7. The molecule has 0 unspecified atom stereocenters. The monoisotopic (exact) mass is 354 g/mol. The average Bonchev–Trinajstić information content (AvgIpc) is 2.70. The zero-order chi connectivity index (χ0) is 14.8. The Balaban J connectivity index is 1.65. The molecule has 0 bridgehead atoms. The van der Waals surface area contributed by atoms with Gasteiger partial charge in [-0.2, -0.15) is 0 Å². The Morgan fingerprint density at radius 3 is 2.52 bits per heavy atom. The summed E-state index contributed by atoms with van der Waals surface area (Å²) in [6.07, 6.45) is 12.5. The third-order valence-corrected chi connectivity index (χ3v) is 9.39. The number of fused-ring (bicyclic) bond motifs is 5. The van der Waals surface area contributed by atoms with E-state index in [-0.39, 0.29) is 11.5 Å². The van der Waals surface area contributed by atoms with Crippen molar-refractivity contribution in [3.8, 4) is 0 Å². The molecule has 0 amide bonds. The van der Waals surface area contributed by atoms with E-state index in [2.05, 4.69) is 29.8 Å². The molecule has 2 heteroatoms. The van der Waals surface area contributed by atoms with E-state index in [0.29, 0.717) is 10.2 Å². The van der Waals surface area contributed by atoms with Gasteiger partial charge in [0.25, 0.3) is 0 Å². The van der Waals surface area contributed by atoms with E-state index in [9.17, 15) is 5.11 Å². The zero-order valence-corrected chi connectivity index (χ0v) is 15.2. The summed E-state index contributed by atoms with van der Waals surface area (Å²) in [5.41, 5.74) is 0.811. The molecule has 1 nitrogen and oxygen atoms in total. The molecule has 4 fully saturated rings. The van der Waals surface area contributed by atoms with Gasteiger partial charge in [0.1, 0.15) is 0 Å². The molecule has 4 aliphatic carbocycles. The first-order chi connectivity index (χ1) is 9.97. The molecular weight excluding hydrogens is 324 g/mol. The fourth-order valence-electron chi connectivity index (χ4n) is 7.24. The molecule has 4 rings (SSSR count). The first kappa shape index (κ1) is 15.0. The van der Waals surface area contributed by atoms with E-state index >= 15 is 0 Å². The highest BCUT2D eigenvalue weighted by molar-refractivity contribution is 9.09. The SMILES string of the molecule is C[C@]12CCCC[C@@H]1CC[C@@H]1[C@@H]2CC[C@]2(C)[C@@H](O)[C@H](Br)C[C@@H]12. The van der Waals surface area contributed by atoms with E-state index in [1.165, 1.54) is 57.8 Å². The maximum Gasteiger partial charge on any atom is 0.0721 e. The summed E-state index contributed by atoms with van der Waals surface area (Å²) in [4.78, 5) is 0.336. The van der Waals surface area contributed by atoms with Crippen LogP contribution in [0, 0.1) is 34.5 Å². The lowest BCUT2D eigenvalue weighted by Gasteiger charge is -2.60. The third-order valence-electron chi connectivity index (χ3n) is 8.52. The first-order valence-electron chi connectivity index (χ1n) is 9.29. The van der Waals surface area contributed by atoms with Crippen molar-refractivity contribution in [2.24, 2.45) is 34.5 Å². The van der Waals surface area contributed by atoms with E-state index < -0.39 is 0 Å². The van der Waals surface area contributed by atoms with Gasteiger partial charge in [-0.05, 0) is 79.4 Å². The summed E-state index contributed by atoms with van der Waals surface area (Å²) in [5, 5.41) is 10.7. The van der Waals surface area contributed by atoms with Gasteiger partial charge >= 0.3 is 0 Å². The number of aliphatic hydroxyl groups is 1. The number of halogens is 1. The van der Waals surface area contributed by atoms with Gasteiger partial charge in [-0.25, -0.2) is 0 Å². The Hall–Kier alpha value is 0.440. The third kappa shape index (κ3) is 1.97. The van der Waals surface area contributed by atoms with Crippen LogP contribution in [0.4, 0.5) is 0 Å². The highest BCUT2D eigenvalue weighted by Gasteiger charge is 2.61. The van der Waals surface area contributed by atoms with Crippen molar-refractivity contribution >= 4 is 15.9 Å². The van der Waals surface area contributed by atoms with Crippen LogP contribution in [0.2, 0.25) is 0 Å². The summed E-state index contributed by atoms with van der Waals surface area (Å²) < 4.78 is 0. The summed E-state index contributed by atoms with van der Waals surface area (Å²) in [6.45, 7) is 5.02. The van der Waals surface area contributed by atoms with Gasteiger partial charge in [-0.15, -0.1) is 0 Å². The summed E-state index contributed by atoms with van der Waals surface area (Å²) in [7, 11) is 0. The van der Waals surface area contributed by atoms with Crippen LogP contribution in [0.15, 0.2) is 0 Å². The van der Waals surface area contributed by atoms with E-state index in [0.717, 1.165) is 23.7 Å². The van der Waals surface area contributed by atoms with Crippen LogP contribution in [-0.2, 0) is 0 Å². The number of hydrogen-bond acceptors (Lipinski definition) is 1. The molecule has 0 radical (unpaired) electrons. The Bertz CT molecular complexity index is 424. The Morgan fingerprint density at radius 1 is 0.905 bits per heavy atom. The lowest BCUT2D eigenvalue weighted by Crippen LogP contribution is -2.53. The second-order valence-corrected chi connectivity index (χ2v) is 10.3. The predicted octanol–water partition coefficient (Wildman–Crippen LogP) is 5.15. The molecule has 120 valence electrons. The van der Waals surface area contributed by atoms with Crippen molar-refractivity contribution in [3.05, 3.63) is 0 Å². The minimum atomic E-state index is -0.125. The predicted molar refractivity (Wildman–Crippen MR) is 90.4 cm³/mol. The highest BCUT2D eigenvalue weighted by atomic mass is 79.9. The first-order valence-corrected chi connectivity index (χ1v) is 10.2. The van der Waals surface area contributed by atoms with Crippen LogP contribution in [0.3, 0.4) is 0 Å². The van der Waals surface area contributed by atoms with Gasteiger partial charge in [0.15, 0.2) is 0 Å². The molecule has 0 spiro atoms. The van der Waals surface area contributed by atoms with E-state index in [4.69, 9.17) is 0 Å². The minimum absolute atomic E-state index is 0.125. The van der Waals surface area contributed by atoms with Crippen LogP contribution in [0.1, 0.15) is 71.6 Å². The molecule has 4 aliphatic rings. The largest absolute Gasteiger partial charge is 0.391 e. The van der Waals surface area contributed by atoms with Crippen molar-refractivity contribution in [2.75, 3.05) is 0 Å². The number of hydrogen-bond donors (Lipinski definition) is 1. The topological polar surface area (TPSA) is 20.2 Å².